The molecule has 5 rings (SSSR count). The van der Waals surface area contributed by atoms with E-state index in [9.17, 15) is 18.0 Å². The van der Waals surface area contributed by atoms with Gasteiger partial charge in [0.05, 0.1) is 20.9 Å². The van der Waals surface area contributed by atoms with Crippen molar-refractivity contribution in [2.75, 3.05) is 16.4 Å². The molecule has 0 unspecified atom stereocenters. The molecule has 4 aromatic carbocycles. The largest absolute Gasteiger partial charge is 0.325 e. The number of nitrogens with one attached hydrogen (secondary N) is 3. The average Bonchev–Trinajstić information content (AvgIpc) is 3.40. The number of carbonyl (C=O) groups excluding carboxylic acids is 2. The number of rotatable bonds is 11. The van der Waals surface area contributed by atoms with Crippen LogP contribution in [0.15, 0.2) is 100 Å². The second-order valence-corrected chi connectivity index (χ2v) is 15.4. The van der Waals surface area contributed by atoms with Gasteiger partial charge in [0.1, 0.15) is 6.04 Å². The highest BCUT2D eigenvalue weighted by atomic mass is 127. The van der Waals surface area contributed by atoms with Crippen LogP contribution in [-0.4, -0.2) is 37.0 Å². The smallest absolute Gasteiger partial charge is 0.242 e. The standard InChI is InChI=1S/C31H26ClIN4O4S3/c1-19-7-8-21(32)16-26(19)35-29(38)18-42-31-36-25-14-11-23(17-28(25)43-31)34-30(39)27(15-20-5-3-2-4-6-20)37-44(40,41)24-12-9-22(33)10-13-24/h2-14,16-17,27,37H,15,18H2,1H3,(H,34,39)(H,35,38)/t27-/m0/s1. The van der Waals surface area contributed by atoms with Crippen LogP contribution in [0.25, 0.3) is 10.2 Å². The van der Waals surface area contributed by atoms with E-state index in [0.717, 1.165) is 24.9 Å². The summed E-state index contributed by atoms with van der Waals surface area (Å²) in [6.07, 6.45) is 0.163. The molecular formula is C31H26ClIN4O4S3. The van der Waals surface area contributed by atoms with Crippen LogP contribution in [0, 0.1) is 10.5 Å². The number of aryl methyl sites for hydroxylation is 1. The fraction of sp³-hybridized carbons (Fsp3) is 0.129. The monoisotopic (exact) mass is 776 g/mol. The number of nitrogens with zero attached hydrogens (tertiary/aromatic N) is 1. The molecule has 3 N–H and O–H groups in total. The minimum Gasteiger partial charge on any atom is -0.325 e. The molecule has 44 heavy (non-hydrogen) atoms. The van der Waals surface area contributed by atoms with Crippen LogP contribution in [0.5, 0.6) is 0 Å². The molecular weight excluding hydrogens is 751 g/mol. The van der Waals surface area contributed by atoms with Gasteiger partial charge >= 0.3 is 0 Å². The SMILES string of the molecule is Cc1ccc(Cl)cc1NC(=O)CSc1nc2ccc(NC(=O)[C@H](Cc3ccccc3)NS(=O)(=O)c3ccc(I)cc3)cc2s1. The Hall–Kier alpha value is -3.01. The topological polar surface area (TPSA) is 117 Å². The fourth-order valence-electron chi connectivity index (χ4n) is 4.22. The minimum absolute atomic E-state index is 0.0799. The van der Waals surface area contributed by atoms with Crippen molar-refractivity contribution in [3.05, 3.63) is 111 Å². The third-order valence-corrected chi connectivity index (χ3v) is 11.1. The molecule has 0 aliphatic carbocycles. The van der Waals surface area contributed by atoms with Gasteiger partial charge in [-0.1, -0.05) is 59.8 Å². The maximum absolute atomic E-state index is 13.5. The number of aromatic nitrogens is 1. The first-order valence-corrected chi connectivity index (χ1v) is 18.0. The Morgan fingerprint density at radius 3 is 2.48 bits per heavy atom. The predicted octanol–water partition coefficient (Wildman–Crippen LogP) is 7.12. The van der Waals surface area contributed by atoms with Gasteiger partial charge in [0.2, 0.25) is 21.8 Å². The number of amides is 2. The van der Waals surface area contributed by atoms with Crippen molar-refractivity contribution < 1.29 is 18.0 Å². The summed E-state index contributed by atoms with van der Waals surface area (Å²) in [6.45, 7) is 1.89. The minimum atomic E-state index is -3.97. The molecule has 0 fully saturated rings. The number of hydrogen-bond donors (Lipinski definition) is 3. The van der Waals surface area contributed by atoms with E-state index in [4.69, 9.17) is 11.6 Å². The Morgan fingerprint density at radius 1 is 0.977 bits per heavy atom. The lowest BCUT2D eigenvalue weighted by atomic mass is 10.1. The molecule has 0 aliphatic heterocycles. The number of fused-ring (bicyclic) bond motifs is 1. The number of benzene rings is 4. The summed E-state index contributed by atoms with van der Waals surface area (Å²) in [5.74, 6) is -0.504. The number of sulfonamides is 1. The predicted molar refractivity (Wildman–Crippen MR) is 187 cm³/mol. The number of halogens is 2. The Labute approximate surface area is 282 Å². The van der Waals surface area contributed by atoms with Crippen molar-refractivity contribution in [2.45, 2.75) is 28.6 Å². The van der Waals surface area contributed by atoms with Gasteiger partial charge in [-0.3, -0.25) is 9.59 Å². The van der Waals surface area contributed by atoms with Crippen LogP contribution in [0.1, 0.15) is 11.1 Å². The zero-order chi connectivity index (χ0) is 31.3. The van der Waals surface area contributed by atoms with Crippen LogP contribution in [0.2, 0.25) is 5.02 Å². The van der Waals surface area contributed by atoms with Gasteiger partial charge in [-0.25, -0.2) is 13.4 Å². The molecule has 13 heteroatoms. The van der Waals surface area contributed by atoms with Gasteiger partial charge in [0.15, 0.2) is 4.34 Å². The lowest BCUT2D eigenvalue weighted by molar-refractivity contribution is -0.117. The molecule has 1 aromatic heterocycles. The first kappa shape index (κ1) is 32.4. The van der Waals surface area contributed by atoms with Crippen molar-refractivity contribution in [1.82, 2.24) is 9.71 Å². The van der Waals surface area contributed by atoms with E-state index in [0.29, 0.717) is 20.7 Å². The number of thioether (sulfide) groups is 1. The molecule has 0 spiro atoms. The highest BCUT2D eigenvalue weighted by Gasteiger charge is 2.26. The second-order valence-electron chi connectivity index (χ2n) is 9.77. The molecule has 8 nitrogen and oxygen atoms in total. The highest BCUT2D eigenvalue weighted by molar-refractivity contribution is 14.1. The van der Waals surface area contributed by atoms with Gasteiger partial charge in [-0.05, 0) is 102 Å². The number of carbonyl (C=O) groups is 2. The molecule has 2 amide bonds. The quantitative estimate of drug-likeness (QED) is 0.0972. The highest BCUT2D eigenvalue weighted by Crippen LogP contribution is 2.32. The molecule has 0 bridgehead atoms. The molecule has 5 aromatic rings. The molecule has 0 saturated heterocycles. The van der Waals surface area contributed by atoms with E-state index < -0.39 is 22.0 Å². The van der Waals surface area contributed by atoms with Crippen molar-refractivity contribution in [1.29, 1.82) is 0 Å². The summed E-state index contributed by atoms with van der Waals surface area (Å²) >= 11 is 10.9. The number of hydrogen-bond acceptors (Lipinski definition) is 7. The summed E-state index contributed by atoms with van der Waals surface area (Å²) in [4.78, 5) is 30.7. The van der Waals surface area contributed by atoms with Crippen LogP contribution in [-0.2, 0) is 26.0 Å². The molecule has 1 heterocycles. The van der Waals surface area contributed by atoms with E-state index in [-0.39, 0.29) is 23.0 Å². The van der Waals surface area contributed by atoms with Crippen LogP contribution in [0.4, 0.5) is 11.4 Å². The Bertz CT molecular complexity index is 1920. The molecule has 0 saturated carbocycles. The van der Waals surface area contributed by atoms with Gasteiger partial charge in [-0.2, -0.15) is 4.72 Å². The average molecular weight is 777 g/mol. The Kier molecular flexibility index (Phi) is 10.6. The van der Waals surface area contributed by atoms with Gasteiger partial charge in [-0.15, -0.1) is 11.3 Å². The van der Waals surface area contributed by atoms with Crippen LogP contribution >= 0.6 is 57.3 Å². The number of thiazole rings is 1. The van der Waals surface area contributed by atoms with Gasteiger partial charge in [0.25, 0.3) is 0 Å². The van der Waals surface area contributed by atoms with E-state index in [1.165, 1.54) is 35.2 Å². The lowest BCUT2D eigenvalue weighted by Gasteiger charge is -2.19. The van der Waals surface area contributed by atoms with Crippen LogP contribution in [0.3, 0.4) is 0 Å². The summed E-state index contributed by atoms with van der Waals surface area (Å²) in [5, 5.41) is 6.29. The summed E-state index contributed by atoms with van der Waals surface area (Å²) < 4.78 is 31.4. The van der Waals surface area contributed by atoms with E-state index in [1.54, 1.807) is 42.5 Å². The maximum Gasteiger partial charge on any atom is 0.242 e. The summed E-state index contributed by atoms with van der Waals surface area (Å²) in [6, 6.07) is 25.2. The normalized spacial score (nSPS) is 12.2. The Balaban J connectivity index is 1.27. The number of anilines is 2. The third kappa shape index (κ3) is 8.58. The molecule has 1 atom stereocenters. The van der Waals surface area contributed by atoms with Gasteiger partial charge in [0, 0.05) is 20.0 Å². The summed E-state index contributed by atoms with van der Waals surface area (Å²) in [5.41, 5.74) is 3.62. The fourth-order valence-corrected chi connectivity index (χ4v) is 7.86. The third-order valence-electron chi connectivity index (χ3n) is 6.46. The molecule has 0 aliphatic rings. The molecule has 226 valence electrons. The molecule has 0 radical (unpaired) electrons. The van der Waals surface area contributed by atoms with Crippen molar-refractivity contribution in [3.8, 4) is 0 Å². The lowest BCUT2D eigenvalue weighted by Crippen LogP contribution is -2.45. The first-order chi connectivity index (χ1) is 21.1. The zero-order valence-electron chi connectivity index (χ0n) is 23.2. The zero-order valence-corrected chi connectivity index (χ0v) is 28.6. The van der Waals surface area contributed by atoms with Crippen molar-refractivity contribution in [3.63, 3.8) is 0 Å². The first-order valence-electron chi connectivity index (χ1n) is 13.3. The summed E-state index contributed by atoms with van der Waals surface area (Å²) in [7, 11) is -3.97. The van der Waals surface area contributed by atoms with Crippen molar-refractivity contribution in [2.24, 2.45) is 0 Å². The van der Waals surface area contributed by atoms with E-state index >= 15 is 0 Å². The Morgan fingerprint density at radius 2 is 1.73 bits per heavy atom. The van der Waals surface area contributed by atoms with E-state index in [2.05, 4.69) is 42.9 Å². The second kappa shape index (κ2) is 14.4. The van der Waals surface area contributed by atoms with Gasteiger partial charge < -0.3 is 10.6 Å². The van der Waals surface area contributed by atoms with Crippen molar-refractivity contribution >= 4 is 101 Å². The maximum atomic E-state index is 13.5. The van der Waals surface area contributed by atoms with Crippen LogP contribution < -0.4 is 15.4 Å². The van der Waals surface area contributed by atoms with E-state index in [1.807, 2.05) is 43.3 Å².